The number of fused-ring (bicyclic) bond motifs is 6. The summed E-state index contributed by atoms with van der Waals surface area (Å²) in [5.41, 5.74) is 14.9. The number of para-hydroxylation sites is 1. The highest BCUT2D eigenvalue weighted by Gasteiger charge is 2.25. The Morgan fingerprint density at radius 2 is 0.810 bits per heavy atom. The van der Waals surface area contributed by atoms with Crippen molar-refractivity contribution in [2.45, 2.75) is 0 Å². The van der Waals surface area contributed by atoms with Gasteiger partial charge >= 0.3 is 0 Å². The second-order valence-corrected chi connectivity index (χ2v) is 16.0. The Hall–Kier alpha value is -6.97. The molecule has 2 aromatic heterocycles. The molecule has 2 nitrogen and oxygen atoms in total. The average molecular weight is 782 g/mol. The van der Waals surface area contributed by atoms with Gasteiger partial charge < -0.3 is 9.13 Å². The van der Waals surface area contributed by atoms with Crippen LogP contribution in [0.15, 0.2) is 176 Å². The molecule has 63 heavy (non-hydrogen) atoms. The first-order valence-electron chi connectivity index (χ1n) is 20.7. The van der Waals surface area contributed by atoms with E-state index in [1.165, 1.54) is 0 Å². The SMILES string of the molecule is [B]c1c([B])c([B])c2c(c1[B])c1c([B])c(-c3ccc4c(c3)c3cccc(-c5ccccc5)c3n4-c3cccc(-c4ccccc4)c3)c([B])c([B])c1n2-c1ccc(-c2ccccc2)cc1. The molecule has 0 fully saturated rings. The monoisotopic (exact) mass is 782 g/mol. The van der Waals surface area contributed by atoms with Crippen molar-refractivity contribution in [2.24, 2.45) is 0 Å². The van der Waals surface area contributed by atoms with E-state index in [2.05, 4.69) is 126 Å². The summed E-state index contributed by atoms with van der Waals surface area (Å²) in [6, 6.07) is 60.6. The number of hydrogen-bond acceptors (Lipinski definition) is 0. The summed E-state index contributed by atoms with van der Waals surface area (Å²) in [5, 5.41) is 3.22. The molecule has 0 N–H and O–H groups in total. The first-order chi connectivity index (χ1) is 30.7. The van der Waals surface area contributed by atoms with Gasteiger partial charge in [0.2, 0.25) is 0 Å². The molecule has 0 saturated carbocycles. The smallest absolute Gasteiger partial charge is 0.115 e. The van der Waals surface area contributed by atoms with Gasteiger partial charge in [-0.05, 0) is 80.7 Å². The van der Waals surface area contributed by atoms with Crippen LogP contribution < -0.4 is 38.2 Å². The van der Waals surface area contributed by atoms with Crippen molar-refractivity contribution in [1.29, 1.82) is 0 Å². The molecule has 0 saturated heterocycles. The molecule has 2 heterocycles. The summed E-state index contributed by atoms with van der Waals surface area (Å²) in [7, 11) is 48.6. The van der Waals surface area contributed by atoms with Gasteiger partial charge in [-0.2, -0.15) is 0 Å². The Morgan fingerprint density at radius 3 is 1.48 bits per heavy atom. The molecule has 11 rings (SSSR count). The largest absolute Gasteiger partial charge is 0.311 e. The van der Waals surface area contributed by atoms with E-state index in [1.807, 2.05) is 59.2 Å². The van der Waals surface area contributed by atoms with Gasteiger partial charge in [-0.15, -0.1) is 10.9 Å². The summed E-state index contributed by atoms with van der Waals surface area (Å²) < 4.78 is 4.29. The van der Waals surface area contributed by atoms with Crippen LogP contribution in [0.5, 0.6) is 0 Å². The van der Waals surface area contributed by atoms with Crippen LogP contribution in [0.25, 0.3) is 99.5 Å². The highest BCUT2D eigenvalue weighted by molar-refractivity contribution is 6.69. The highest BCUT2D eigenvalue weighted by atomic mass is 15.0. The Morgan fingerprint density at radius 1 is 0.286 bits per heavy atom. The zero-order valence-electron chi connectivity index (χ0n) is 34.2. The van der Waals surface area contributed by atoms with Crippen LogP contribution in [0.1, 0.15) is 0 Å². The van der Waals surface area contributed by atoms with Crippen LogP contribution in [-0.2, 0) is 0 Å². The maximum atomic E-state index is 7.39. The fourth-order valence-electron chi connectivity index (χ4n) is 9.49. The maximum Gasteiger partial charge on any atom is 0.115 e. The lowest BCUT2D eigenvalue weighted by molar-refractivity contribution is 1.18. The van der Waals surface area contributed by atoms with Crippen molar-refractivity contribution >= 4 is 137 Å². The zero-order valence-corrected chi connectivity index (χ0v) is 34.2. The highest BCUT2D eigenvalue weighted by Crippen LogP contribution is 2.40. The van der Waals surface area contributed by atoms with E-state index in [1.54, 1.807) is 0 Å². The van der Waals surface area contributed by atoms with Crippen molar-refractivity contribution in [2.75, 3.05) is 0 Å². The summed E-state index contributed by atoms with van der Waals surface area (Å²) in [6.07, 6.45) is 0. The van der Waals surface area contributed by atoms with Gasteiger partial charge in [0.05, 0.1) is 11.0 Å². The van der Waals surface area contributed by atoms with E-state index in [0.717, 1.165) is 72.1 Å². The lowest BCUT2D eigenvalue weighted by Gasteiger charge is -2.19. The lowest BCUT2D eigenvalue weighted by atomic mass is 9.64. The molecule has 11 aromatic rings. The van der Waals surface area contributed by atoms with Gasteiger partial charge in [-0.1, -0.05) is 167 Å². The predicted octanol–water partition coefficient (Wildman–Crippen LogP) is 6.11. The second kappa shape index (κ2) is 15.1. The van der Waals surface area contributed by atoms with Crippen LogP contribution in [0, 0.1) is 0 Å². The molecule has 0 amide bonds. The lowest BCUT2D eigenvalue weighted by Crippen LogP contribution is -2.48. The van der Waals surface area contributed by atoms with Crippen LogP contribution in [-0.4, -0.2) is 64.1 Å². The third kappa shape index (κ3) is 6.04. The van der Waals surface area contributed by atoms with Crippen molar-refractivity contribution in [3.63, 3.8) is 0 Å². The molecule has 276 valence electrons. The van der Waals surface area contributed by atoms with E-state index in [-0.39, 0.29) is 21.9 Å². The van der Waals surface area contributed by atoms with Crippen molar-refractivity contribution in [3.8, 4) is 55.9 Å². The minimum Gasteiger partial charge on any atom is -0.311 e. The summed E-state index contributed by atoms with van der Waals surface area (Å²) in [5.74, 6) is 0. The number of hydrogen-bond donors (Lipinski definition) is 0. The molecule has 0 unspecified atom stereocenters. The Bertz CT molecular complexity index is 3620. The van der Waals surface area contributed by atoms with E-state index in [4.69, 9.17) is 54.9 Å². The van der Waals surface area contributed by atoms with E-state index < -0.39 is 0 Å². The molecule has 0 bridgehead atoms. The normalized spacial score (nSPS) is 11.6. The number of rotatable bonds is 6. The van der Waals surface area contributed by atoms with Gasteiger partial charge in [0.1, 0.15) is 54.9 Å². The fourth-order valence-corrected chi connectivity index (χ4v) is 9.49. The zero-order chi connectivity index (χ0) is 43.1. The Balaban J connectivity index is 1.18. The Labute approximate surface area is 375 Å². The van der Waals surface area contributed by atoms with Gasteiger partial charge in [0, 0.05) is 44.1 Å². The predicted molar refractivity (Wildman–Crippen MR) is 275 cm³/mol. The van der Waals surface area contributed by atoms with Crippen LogP contribution >= 0.6 is 0 Å². The average Bonchev–Trinajstić information content (AvgIpc) is 3.87. The maximum absolute atomic E-state index is 7.39. The first-order valence-corrected chi connectivity index (χ1v) is 20.7. The number of benzene rings is 9. The molecule has 9 heteroatoms. The van der Waals surface area contributed by atoms with Crippen molar-refractivity contribution in [1.82, 2.24) is 9.13 Å². The summed E-state index contributed by atoms with van der Waals surface area (Å²) >= 11 is 0. The fraction of sp³-hybridized carbons (Fsp3) is 0. The van der Waals surface area contributed by atoms with Gasteiger partial charge in [-0.3, -0.25) is 0 Å². The van der Waals surface area contributed by atoms with Crippen LogP contribution in [0.3, 0.4) is 0 Å². The molecule has 0 atom stereocenters. The van der Waals surface area contributed by atoms with Gasteiger partial charge in [0.15, 0.2) is 0 Å². The first kappa shape index (κ1) is 38.9. The molecule has 14 radical (unpaired) electrons. The topological polar surface area (TPSA) is 9.86 Å². The molecule has 0 spiro atoms. The van der Waals surface area contributed by atoms with E-state index in [9.17, 15) is 0 Å². The van der Waals surface area contributed by atoms with Gasteiger partial charge in [0.25, 0.3) is 0 Å². The minimum atomic E-state index is 0.176. The number of nitrogens with zero attached hydrogens (tertiary/aromatic N) is 2. The summed E-state index contributed by atoms with van der Waals surface area (Å²) in [6.45, 7) is 0. The van der Waals surface area contributed by atoms with E-state index >= 15 is 0 Å². The molecule has 0 aliphatic rings. The number of aromatic nitrogens is 2. The summed E-state index contributed by atoms with van der Waals surface area (Å²) in [4.78, 5) is 0. The molecule has 0 aliphatic carbocycles. The third-order valence-corrected chi connectivity index (χ3v) is 12.5. The molecule has 9 aromatic carbocycles. The third-order valence-electron chi connectivity index (χ3n) is 12.5. The second-order valence-electron chi connectivity index (χ2n) is 16.0. The minimum absolute atomic E-state index is 0.176. The molecular formula is C54H29B7N2. The van der Waals surface area contributed by atoms with Crippen molar-refractivity contribution < 1.29 is 0 Å². The van der Waals surface area contributed by atoms with E-state index in [0.29, 0.717) is 43.8 Å². The Kier molecular flexibility index (Phi) is 9.35. The molecule has 0 aliphatic heterocycles. The van der Waals surface area contributed by atoms with Crippen molar-refractivity contribution in [3.05, 3.63) is 176 Å². The van der Waals surface area contributed by atoms with Crippen LogP contribution in [0.2, 0.25) is 0 Å². The molecular weight excluding hydrogens is 752 g/mol. The quantitative estimate of drug-likeness (QED) is 0.181. The standard InChI is InChI=1S/C54H29B7N2/c55-45-42(46(56)50(60)53-43(45)44-47(57)48(58)49(59)51(61)54(44)63(53)36-25-22-32(23-26-36)30-12-4-1-5-13-30)35-24-27-41-40(29-35)39-21-11-20-38(33-16-8-3-9-17-33)52(39)62(41)37-19-10-18-34(28-37)31-14-6-2-7-15-31/h1-29H. The van der Waals surface area contributed by atoms with Gasteiger partial charge in [-0.25, -0.2) is 0 Å². The van der Waals surface area contributed by atoms with Crippen LogP contribution in [0.4, 0.5) is 0 Å².